The van der Waals surface area contributed by atoms with Crippen molar-refractivity contribution in [3.63, 3.8) is 0 Å². The zero-order valence-electron chi connectivity index (χ0n) is 12.8. The molecule has 0 amide bonds. The Kier molecular flexibility index (Phi) is 3.42. The van der Waals surface area contributed by atoms with Crippen molar-refractivity contribution in [3.8, 4) is 0 Å². The van der Waals surface area contributed by atoms with Gasteiger partial charge in [0.1, 0.15) is 5.82 Å². The molecule has 0 spiro atoms. The second-order valence-corrected chi connectivity index (χ2v) is 6.05. The van der Waals surface area contributed by atoms with Crippen LogP contribution in [0.2, 0.25) is 0 Å². The van der Waals surface area contributed by atoms with Crippen LogP contribution >= 0.6 is 0 Å². The summed E-state index contributed by atoms with van der Waals surface area (Å²) in [4.78, 5) is 8.36. The SMILES string of the molecule is Cc1cnn([C@H]2[C@H](O)C[C@@H]2Nc2cnc3cc(F)c(F)cc3n2)c1. The predicted molar refractivity (Wildman–Crippen MR) is 83.5 cm³/mol. The van der Waals surface area contributed by atoms with E-state index in [4.69, 9.17) is 0 Å². The van der Waals surface area contributed by atoms with E-state index < -0.39 is 17.7 Å². The smallest absolute Gasteiger partial charge is 0.161 e. The lowest BCUT2D eigenvalue weighted by Crippen LogP contribution is -2.51. The summed E-state index contributed by atoms with van der Waals surface area (Å²) in [6.45, 7) is 1.93. The second kappa shape index (κ2) is 5.48. The monoisotopic (exact) mass is 331 g/mol. The summed E-state index contributed by atoms with van der Waals surface area (Å²) in [5.41, 5.74) is 1.56. The molecule has 1 aromatic carbocycles. The van der Waals surface area contributed by atoms with Gasteiger partial charge in [0, 0.05) is 18.3 Å². The summed E-state index contributed by atoms with van der Waals surface area (Å²) in [6.07, 6.45) is 5.11. The minimum Gasteiger partial charge on any atom is -0.391 e. The van der Waals surface area contributed by atoms with Gasteiger partial charge in [-0.3, -0.25) is 9.67 Å². The van der Waals surface area contributed by atoms with Crippen molar-refractivity contribution < 1.29 is 13.9 Å². The van der Waals surface area contributed by atoms with Gasteiger partial charge in [0.15, 0.2) is 11.6 Å². The molecule has 1 saturated carbocycles. The maximum Gasteiger partial charge on any atom is 0.161 e. The van der Waals surface area contributed by atoms with E-state index in [1.54, 1.807) is 10.9 Å². The third-order valence-corrected chi connectivity index (χ3v) is 4.26. The van der Waals surface area contributed by atoms with Crippen molar-refractivity contribution in [3.05, 3.63) is 47.9 Å². The molecular weight excluding hydrogens is 316 g/mol. The molecule has 2 N–H and O–H groups in total. The zero-order valence-corrected chi connectivity index (χ0v) is 12.8. The molecule has 8 heteroatoms. The Morgan fingerprint density at radius 2 is 1.96 bits per heavy atom. The molecule has 1 aliphatic carbocycles. The summed E-state index contributed by atoms with van der Waals surface area (Å²) in [5.74, 6) is -1.47. The number of rotatable bonds is 3. The summed E-state index contributed by atoms with van der Waals surface area (Å²) in [7, 11) is 0. The number of aliphatic hydroxyl groups is 1. The molecule has 0 unspecified atom stereocenters. The molecule has 2 aromatic heterocycles. The first-order valence-electron chi connectivity index (χ1n) is 7.58. The van der Waals surface area contributed by atoms with Crippen LogP contribution in [0.5, 0.6) is 0 Å². The first-order valence-corrected chi connectivity index (χ1v) is 7.58. The van der Waals surface area contributed by atoms with Gasteiger partial charge in [-0.05, 0) is 18.9 Å². The fourth-order valence-corrected chi connectivity index (χ4v) is 2.98. The number of aliphatic hydroxyl groups excluding tert-OH is 1. The molecule has 24 heavy (non-hydrogen) atoms. The minimum atomic E-state index is -0.960. The first-order chi connectivity index (χ1) is 11.5. The maximum absolute atomic E-state index is 13.3. The van der Waals surface area contributed by atoms with Crippen LogP contribution in [0, 0.1) is 18.6 Å². The van der Waals surface area contributed by atoms with Crippen molar-refractivity contribution in [1.29, 1.82) is 0 Å². The van der Waals surface area contributed by atoms with Crippen LogP contribution in [0.1, 0.15) is 18.0 Å². The number of nitrogens with zero attached hydrogens (tertiary/aromatic N) is 4. The van der Waals surface area contributed by atoms with Gasteiger partial charge >= 0.3 is 0 Å². The van der Waals surface area contributed by atoms with Gasteiger partial charge in [-0.25, -0.2) is 13.8 Å². The normalized spacial score (nSPS) is 23.2. The van der Waals surface area contributed by atoms with Crippen LogP contribution in [-0.4, -0.2) is 37.0 Å². The van der Waals surface area contributed by atoms with E-state index in [1.165, 1.54) is 6.20 Å². The Morgan fingerprint density at radius 1 is 1.21 bits per heavy atom. The number of aromatic nitrogens is 4. The third-order valence-electron chi connectivity index (χ3n) is 4.26. The van der Waals surface area contributed by atoms with Gasteiger partial charge in [0.2, 0.25) is 0 Å². The van der Waals surface area contributed by atoms with Gasteiger partial charge in [0.05, 0.1) is 41.6 Å². The van der Waals surface area contributed by atoms with Crippen LogP contribution < -0.4 is 5.32 Å². The molecule has 2 heterocycles. The van der Waals surface area contributed by atoms with Crippen molar-refractivity contribution >= 4 is 16.9 Å². The average Bonchev–Trinajstić information content (AvgIpc) is 2.93. The highest BCUT2D eigenvalue weighted by Gasteiger charge is 2.42. The average molecular weight is 331 g/mol. The Bertz CT molecular complexity index is 913. The molecule has 3 atom stereocenters. The molecule has 1 aliphatic rings. The first kappa shape index (κ1) is 14.9. The van der Waals surface area contributed by atoms with Crippen molar-refractivity contribution in [2.45, 2.75) is 31.5 Å². The standard InChI is InChI=1S/C16H15F2N5O/c1-8-5-20-23(7-8)16-13(4-14(16)24)22-15-6-19-11-2-9(17)10(18)3-12(11)21-15/h2-3,5-7,13-14,16,24H,4H2,1H3,(H,21,22)/t13-,14+,16+/m0/s1. The highest BCUT2D eigenvalue weighted by atomic mass is 19.2. The van der Waals surface area contributed by atoms with Crippen LogP contribution in [0.3, 0.4) is 0 Å². The number of hydrogen-bond acceptors (Lipinski definition) is 5. The summed E-state index contributed by atoms with van der Waals surface area (Å²) in [6, 6.07) is 1.76. The fraction of sp³-hybridized carbons (Fsp3) is 0.312. The van der Waals surface area contributed by atoms with Crippen molar-refractivity contribution in [2.75, 3.05) is 5.32 Å². The number of fused-ring (bicyclic) bond motifs is 1. The van der Waals surface area contributed by atoms with Gasteiger partial charge < -0.3 is 10.4 Å². The lowest BCUT2D eigenvalue weighted by Gasteiger charge is -2.42. The molecule has 124 valence electrons. The molecule has 0 saturated heterocycles. The van der Waals surface area contributed by atoms with Gasteiger partial charge in [0.25, 0.3) is 0 Å². The van der Waals surface area contributed by atoms with Gasteiger partial charge in [-0.15, -0.1) is 0 Å². The third kappa shape index (κ3) is 2.48. The lowest BCUT2D eigenvalue weighted by atomic mass is 9.83. The van der Waals surface area contributed by atoms with E-state index in [0.717, 1.165) is 17.7 Å². The number of halogens is 2. The minimum absolute atomic E-state index is 0.0728. The van der Waals surface area contributed by atoms with Crippen LogP contribution in [0.15, 0.2) is 30.7 Å². The predicted octanol–water partition coefficient (Wildman–Crippen LogP) is 2.20. The van der Waals surface area contributed by atoms with E-state index in [9.17, 15) is 13.9 Å². The van der Waals surface area contributed by atoms with E-state index in [0.29, 0.717) is 12.2 Å². The maximum atomic E-state index is 13.3. The summed E-state index contributed by atoms with van der Waals surface area (Å²) in [5, 5.41) is 17.5. The van der Waals surface area contributed by atoms with Gasteiger partial charge in [-0.1, -0.05) is 0 Å². The Balaban J connectivity index is 1.58. The number of benzene rings is 1. The van der Waals surface area contributed by atoms with E-state index in [1.807, 2.05) is 13.1 Å². The van der Waals surface area contributed by atoms with E-state index in [-0.39, 0.29) is 23.1 Å². The molecular formula is C16H15F2N5O. The number of anilines is 1. The number of aryl methyl sites for hydroxylation is 1. The molecule has 0 radical (unpaired) electrons. The Labute approximate surface area is 136 Å². The second-order valence-electron chi connectivity index (χ2n) is 6.05. The molecule has 1 fully saturated rings. The summed E-state index contributed by atoms with van der Waals surface area (Å²) < 4.78 is 28.3. The number of nitrogens with one attached hydrogen (secondary N) is 1. The highest BCUT2D eigenvalue weighted by molar-refractivity contribution is 5.75. The zero-order chi connectivity index (χ0) is 16.8. The molecule has 6 nitrogen and oxygen atoms in total. The molecule has 4 rings (SSSR count). The topological polar surface area (TPSA) is 75.9 Å². The summed E-state index contributed by atoms with van der Waals surface area (Å²) >= 11 is 0. The highest BCUT2D eigenvalue weighted by Crippen LogP contribution is 2.34. The van der Waals surface area contributed by atoms with E-state index in [2.05, 4.69) is 20.4 Å². The number of hydrogen-bond donors (Lipinski definition) is 2. The fourth-order valence-electron chi connectivity index (χ4n) is 2.98. The van der Waals surface area contributed by atoms with Crippen molar-refractivity contribution in [1.82, 2.24) is 19.7 Å². The largest absolute Gasteiger partial charge is 0.391 e. The van der Waals surface area contributed by atoms with Crippen LogP contribution in [0.25, 0.3) is 11.0 Å². The molecule has 0 bridgehead atoms. The van der Waals surface area contributed by atoms with Crippen molar-refractivity contribution in [2.24, 2.45) is 0 Å². The van der Waals surface area contributed by atoms with Gasteiger partial charge in [-0.2, -0.15) is 5.10 Å². The molecule has 3 aromatic rings. The van der Waals surface area contributed by atoms with Crippen LogP contribution in [-0.2, 0) is 0 Å². The lowest BCUT2D eigenvalue weighted by molar-refractivity contribution is 0.0133. The Hall–Kier alpha value is -2.61. The molecule has 0 aliphatic heterocycles. The van der Waals surface area contributed by atoms with E-state index >= 15 is 0 Å². The van der Waals surface area contributed by atoms with Crippen LogP contribution in [0.4, 0.5) is 14.6 Å². The quantitative estimate of drug-likeness (QED) is 0.769. The Morgan fingerprint density at radius 3 is 2.62 bits per heavy atom.